The maximum atomic E-state index is 11.5. The molecule has 0 N–H and O–H groups in total. The van der Waals surface area contributed by atoms with Crippen LogP contribution in [0.1, 0.15) is 0 Å². The van der Waals surface area contributed by atoms with E-state index in [4.69, 9.17) is 0 Å². The summed E-state index contributed by atoms with van der Waals surface area (Å²) >= 11 is 5.23. The van der Waals surface area contributed by atoms with E-state index in [2.05, 4.69) is 25.8 Å². The molecule has 3 aliphatic heterocycles. The highest BCUT2D eigenvalue weighted by molar-refractivity contribution is 9.09. The molecule has 0 aromatic heterocycles. The molecule has 2 fully saturated rings. The van der Waals surface area contributed by atoms with E-state index in [1.165, 1.54) is 0 Å². The average Bonchev–Trinajstić information content (AvgIpc) is 2.72. The van der Waals surface area contributed by atoms with Gasteiger partial charge in [0.2, 0.25) is 0 Å². The molecule has 3 rings (SSSR count). The summed E-state index contributed by atoms with van der Waals surface area (Å²) in [4.78, 5) is 6.70. The molecular formula is C8H11BrN2O2S2. The van der Waals surface area contributed by atoms with Crippen molar-refractivity contribution < 1.29 is 8.42 Å². The molecule has 0 amide bonds. The molecule has 0 aromatic rings. The van der Waals surface area contributed by atoms with E-state index >= 15 is 0 Å². The maximum absolute atomic E-state index is 11.5. The number of fused-ring (bicyclic) bond motifs is 3. The first-order valence-corrected chi connectivity index (χ1v) is 8.69. The van der Waals surface area contributed by atoms with Crippen LogP contribution in [0, 0.1) is 0 Å². The van der Waals surface area contributed by atoms with Crippen molar-refractivity contribution in [1.29, 1.82) is 0 Å². The van der Waals surface area contributed by atoms with Crippen LogP contribution in [-0.2, 0) is 9.84 Å². The molecule has 3 aliphatic rings. The van der Waals surface area contributed by atoms with Crippen LogP contribution in [0.2, 0.25) is 0 Å². The zero-order valence-corrected chi connectivity index (χ0v) is 11.2. The van der Waals surface area contributed by atoms with Gasteiger partial charge in [0.25, 0.3) is 0 Å². The Morgan fingerprint density at radius 3 is 3.07 bits per heavy atom. The summed E-state index contributed by atoms with van der Waals surface area (Å²) < 4.78 is 22.9. The summed E-state index contributed by atoms with van der Waals surface area (Å²) in [5.74, 6) is 0.539. The van der Waals surface area contributed by atoms with E-state index in [1.54, 1.807) is 11.8 Å². The van der Waals surface area contributed by atoms with Crippen molar-refractivity contribution in [2.45, 2.75) is 17.3 Å². The molecule has 84 valence electrons. The van der Waals surface area contributed by atoms with Gasteiger partial charge in [-0.1, -0.05) is 27.7 Å². The number of thioether (sulfide) groups is 1. The Bertz CT molecular complexity index is 422. The molecule has 0 saturated carbocycles. The Hall–Kier alpha value is 0.250. The average molecular weight is 311 g/mol. The van der Waals surface area contributed by atoms with Crippen molar-refractivity contribution in [3.05, 3.63) is 0 Å². The molecular weight excluding hydrogens is 300 g/mol. The van der Waals surface area contributed by atoms with Crippen LogP contribution in [0.15, 0.2) is 4.99 Å². The Labute approximate surface area is 102 Å². The molecule has 0 bridgehead atoms. The molecule has 2 saturated heterocycles. The van der Waals surface area contributed by atoms with Crippen LogP contribution in [0.4, 0.5) is 0 Å². The summed E-state index contributed by atoms with van der Waals surface area (Å²) in [6, 6.07) is 0.135. The Morgan fingerprint density at radius 2 is 2.33 bits per heavy atom. The minimum atomic E-state index is -2.84. The maximum Gasteiger partial charge on any atom is 0.160 e. The van der Waals surface area contributed by atoms with Crippen LogP contribution >= 0.6 is 27.7 Å². The smallest absolute Gasteiger partial charge is 0.160 e. The Kier molecular flexibility index (Phi) is 2.34. The number of alkyl halides is 1. The summed E-state index contributed by atoms with van der Waals surface area (Å²) in [6.45, 7) is 0.936. The van der Waals surface area contributed by atoms with Crippen molar-refractivity contribution in [2.75, 3.05) is 23.4 Å². The lowest BCUT2D eigenvalue weighted by atomic mass is 10.2. The fourth-order valence-electron chi connectivity index (χ4n) is 2.39. The molecule has 4 nitrogen and oxygen atoms in total. The molecule has 0 aliphatic carbocycles. The standard InChI is InChI=1S/C8H11BrN2O2S2/c9-1-5-2-11-7-4-15(12,13)3-6(7)10-8(11)14-5/h5-7H,1-4H2. The number of rotatable bonds is 1. The third-order valence-corrected chi connectivity index (χ3v) is 7.17. The Morgan fingerprint density at radius 1 is 1.53 bits per heavy atom. The van der Waals surface area contributed by atoms with Crippen LogP contribution in [-0.4, -0.2) is 59.2 Å². The van der Waals surface area contributed by atoms with E-state index < -0.39 is 9.84 Å². The normalized spacial score (nSPS) is 41.5. The topological polar surface area (TPSA) is 49.7 Å². The zero-order chi connectivity index (χ0) is 10.6. The van der Waals surface area contributed by atoms with Gasteiger partial charge in [-0.2, -0.15) is 0 Å². The number of sulfone groups is 1. The predicted octanol–water partition coefficient (Wildman–Crippen LogP) is 0.334. The van der Waals surface area contributed by atoms with Gasteiger partial charge in [0.15, 0.2) is 15.0 Å². The number of nitrogens with zero attached hydrogens (tertiary/aromatic N) is 2. The van der Waals surface area contributed by atoms with Crippen LogP contribution in [0.5, 0.6) is 0 Å². The van der Waals surface area contributed by atoms with Crippen molar-refractivity contribution >= 4 is 42.7 Å². The minimum absolute atomic E-state index is 0.00813. The number of hydrogen-bond donors (Lipinski definition) is 0. The van der Waals surface area contributed by atoms with Gasteiger partial charge in [0.1, 0.15) is 0 Å². The van der Waals surface area contributed by atoms with Crippen molar-refractivity contribution in [3.8, 4) is 0 Å². The van der Waals surface area contributed by atoms with Crippen LogP contribution in [0.25, 0.3) is 0 Å². The highest BCUT2D eigenvalue weighted by Gasteiger charge is 2.49. The quantitative estimate of drug-likeness (QED) is 0.655. The molecule has 3 unspecified atom stereocenters. The molecule has 3 heterocycles. The Balaban J connectivity index is 1.86. The zero-order valence-electron chi connectivity index (χ0n) is 7.97. The first kappa shape index (κ1) is 10.4. The molecule has 0 aromatic carbocycles. The molecule has 0 radical (unpaired) electrons. The van der Waals surface area contributed by atoms with Gasteiger partial charge in [-0.05, 0) is 0 Å². The van der Waals surface area contributed by atoms with Gasteiger partial charge in [-0.15, -0.1) is 0 Å². The van der Waals surface area contributed by atoms with Gasteiger partial charge in [-0.25, -0.2) is 8.42 Å². The number of hydrogen-bond acceptors (Lipinski definition) is 5. The first-order valence-electron chi connectivity index (χ1n) is 4.86. The second-order valence-electron chi connectivity index (χ2n) is 4.17. The van der Waals surface area contributed by atoms with Gasteiger partial charge < -0.3 is 4.90 Å². The second-order valence-corrected chi connectivity index (χ2v) is 8.24. The first-order chi connectivity index (χ1) is 7.09. The molecule has 3 atom stereocenters. The fraction of sp³-hybridized carbons (Fsp3) is 0.875. The highest BCUT2D eigenvalue weighted by atomic mass is 79.9. The number of aliphatic imine (C=N–C) groups is 1. The summed E-state index contributed by atoms with van der Waals surface area (Å²) in [7, 11) is -2.84. The molecule has 7 heteroatoms. The van der Waals surface area contributed by atoms with Crippen LogP contribution < -0.4 is 0 Å². The molecule has 0 spiro atoms. The van der Waals surface area contributed by atoms with E-state index in [0.29, 0.717) is 11.0 Å². The van der Waals surface area contributed by atoms with Gasteiger partial charge in [0.05, 0.1) is 23.6 Å². The monoisotopic (exact) mass is 310 g/mol. The summed E-state index contributed by atoms with van der Waals surface area (Å²) in [5.41, 5.74) is 0. The summed E-state index contributed by atoms with van der Waals surface area (Å²) in [6.07, 6.45) is 0. The second kappa shape index (κ2) is 3.37. The van der Waals surface area contributed by atoms with Gasteiger partial charge >= 0.3 is 0 Å². The van der Waals surface area contributed by atoms with E-state index in [9.17, 15) is 8.42 Å². The predicted molar refractivity (Wildman–Crippen MR) is 65.5 cm³/mol. The summed E-state index contributed by atoms with van der Waals surface area (Å²) in [5, 5.41) is 2.52. The van der Waals surface area contributed by atoms with Crippen molar-refractivity contribution in [2.24, 2.45) is 4.99 Å². The van der Waals surface area contributed by atoms with Crippen molar-refractivity contribution in [1.82, 2.24) is 4.90 Å². The van der Waals surface area contributed by atoms with E-state index in [-0.39, 0.29) is 17.8 Å². The lowest BCUT2D eigenvalue weighted by Crippen LogP contribution is -2.38. The lowest BCUT2D eigenvalue weighted by molar-refractivity contribution is 0.361. The largest absolute Gasteiger partial charge is 0.344 e. The number of amidine groups is 1. The van der Waals surface area contributed by atoms with E-state index in [1.807, 2.05) is 0 Å². The third-order valence-electron chi connectivity index (χ3n) is 3.06. The van der Waals surface area contributed by atoms with E-state index in [0.717, 1.165) is 17.0 Å². The van der Waals surface area contributed by atoms with Gasteiger partial charge in [0, 0.05) is 17.1 Å². The highest BCUT2D eigenvalue weighted by Crippen LogP contribution is 2.38. The third kappa shape index (κ3) is 1.63. The number of halogens is 1. The van der Waals surface area contributed by atoms with Gasteiger partial charge in [-0.3, -0.25) is 4.99 Å². The van der Waals surface area contributed by atoms with Crippen LogP contribution in [0.3, 0.4) is 0 Å². The lowest BCUT2D eigenvalue weighted by Gasteiger charge is -2.20. The minimum Gasteiger partial charge on any atom is -0.344 e. The van der Waals surface area contributed by atoms with Crippen molar-refractivity contribution in [3.63, 3.8) is 0 Å². The fourth-order valence-corrected chi connectivity index (χ4v) is 6.00. The molecule has 15 heavy (non-hydrogen) atoms. The SMILES string of the molecule is O=S1(=O)CC2N=C3SC(CBr)CN3C2C1.